The first-order chi connectivity index (χ1) is 9.78. The third kappa shape index (κ3) is 2.51. The number of thiazole rings is 1. The molecule has 20 heavy (non-hydrogen) atoms. The fourth-order valence-electron chi connectivity index (χ4n) is 2.47. The number of aryl methyl sites for hydroxylation is 1. The molecule has 2 aromatic heterocycles. The number of hydrogen-bond acceptors (Lipinski definition) is 4. The second-order valence-electron chi connectivity index (χ2n) is 4.84. The molecule has 0 radical (unpaired) electrons. The minimum absolute atomic E-state index is 0.668. The zero-order chi connectivity index (χ0) is 13.9. The van der Waals surface area contributed by atoms with Gasteiger partial charge in [-0.05, 0) is 24.1 Å². The van der Waals surface area contributed by atoms with Crippen molar-refractivity contribution in [2.45, 2.75) is 26.2 Å². The van der Waals surface area contributed by atoms with Gasteiger partial charge in [0.1, 0.15) is 0 Å². The quantitative estimate of drug-likeness (QED) is 0.792. The zero-order valence-corrected chi connectivity index (χ0v) is 12.3. The molecule has 0 aliphatic heterocycles. The largest absolute Gasteiger partial charge is 0.375 e. The molecule has 0 amide bonds. The van der Waals surface area contributed by atoms with Gasteiger partial charge in [-0.1, -0.05) is 31.5 Å². The van der Waals surface area contributed by atoms with E-state index < -0.39 is 0 Å². The first kappa shape index (κ1) is 13.1. The van der Waals surface area contributed by atoms with Gasteiger partial charge in [0, 0.05) is 22.9 Å². The van der Waals surface area contributed by atoms with Crippen molar-refractivity contribution in [1.82, 2.24) is 9.97 Å². The summed E-state index contributed by atoms with van der Waals surface area (Å²) in [6, 6.07) is 10.4. The SMILES string of the molecule is CCCc1nc(N)sc1Cc1cccc2ncccc12. The van der Waals surface area contributed by atoms with Gasteiger partial charge in [-0.3, -0.25) is 4.98 Å². The van der Waals surface area contributed by atoms with Crippen LogP contribution in [0, 0.1) is 0 Å². The Morgan fingerprint density at radius 1 is 1.20 bits per heavy atom. The first-order valence-corrected chi connectivity index (χ1v) is 7.66. The maximum Gasteiger partial charge on any atom is 0.180 e. The molecule has 4 heteroatoms. The number of benzene rings is 1. The lowest BCUT2D eigenvalue weighted by atomic mass is 10.0. The molecule has 0 spiro atoms. The fourth-order valence-corrected chi connectivity index (χ4v) is 3.37. The highest BCUT2D eigenvalue weighted by molar-refractivity contribution is 7.15. The van der Waals surface area contributed by atoms with Crippen LogP contribution in [0.3, 0.4) is 0 Å². The molecule has 0 unspecified atom stereocenters. The van der Waals surface area contributed by atoms with E-state index >= 15 is 0 Å². The number of nitrogens with two attached hydrogens (primary N) is 1. The Kier molecular flexibility index (Phi) is 3.65. The van der Waals surface area contributed by atoms with Gasteiger partial charge >= 0.3 is 0 Å². The van der Waals surface area contributed by atoms with E-state index in [2.05, 4.69) is 35.1 Å². The maximum atomic E-state index is 5.87. The second kappa shape index (κ2) is 5.59. The molecule has 3 rings (SSSR count). The highest BCUT2D eigenvalue weighted by Crippen LogP contribution is 2.27. The van der Waals surface area contributed by atoms with Crippen molar-refractivity contribution in [2.24, 2.45) is 0 Å². The Hall–Kier alpha value is -1.94. The topological polar surface area (TPSA) is 51.8 Å². The summed E-state index contributed by atoms with van der Waals surface area (Å²) in [5.41, 5.74) is 9.35. The van der Waals surface area contributed by atoms with Crippen molar-refractivity contribution in [3.8, 4) is 0 Å². The summed E-state index contributed by atoms with van der Waals surface area (Å²) >= 11 is 1.60. The number of fused-ring (bicyclic) bond motifs is 1. The summed E-state index contributed by atoms with van der Waals surface area (Å²) in [7, 11) is 0. The van der Waals surface area contributed by atoms with Crippen LogP contribution in [0.5, 0.6) is 0 Å². The van der Waals surface area contributed by atoms with Crippen molar-refractivity contribution in [1.29, 1.82) is 0 Å². The van der Waals surface area contributed by atoms with Crippen LogP contribution in [-0.2, 0) is 12.8 Å². The van der Waals surface area contributed by atoms with E-state index in [1.807, 2.05) is 18.3 Å². The molecule has 3 nitrogen and oxygen atoms in total. The molecule has 0 saturated heterocycles. The van der Waals surface area contributed by atoms with Gasteiger partial charge in [0.2, 0.25) is 0 Å². The summed E-state index contributed by atoms with van der Waals surface area (Å²) in [5, 5.41) is 1.88. The van der Waals surface area contributed by atoms with Crippen LogP contribution in [0.2, 0.25) is 0 Å². The van der Waals surface area contributed by atoms with Gasteiger partial charge in [-0.25, -0.2) is 4.98 Å². The molecule has 0 aliphatic carbocycles. The van der Waals surface area contributed by atoms with E-state index in [0.29, 0.717) is 5.13 Å². The van der Waals surface area contributed by atoms with Crippen LogP contribution in [-0.4, -0.2) is 9.97 Å². The molecule has 0 atom stereocenters. The summed E-state index contributed by atoms with van der Waals surface area (Å²) in [6.45, 7) is 2.17. The molecule has 0 aliphatic rings. The summed E-state index contributed by atoms with van der Waals surface area (Å²) in [5.74, 6) is 0. The van der Waals surface area contributed by atoms with Gasteiger partial charge in [-0.2, -0.15) is 0 Å². The van der Waals surface area contributed by atoms with Crippen molar-refractivity contribution >= 4 is 27.4 Å². The van der Waals surface area contributed by atoms with Crippen LogP contribution in [0.25, 0.3) is 10.9 Å². The van der Waals surface area contributed by atoms with Crippen molar-refractivity contribution in [3.05, 3.63) is 52.7 Å². The van der Waals surface area contributed by atoms with Gasteiger partial charge in [0.15, 0.2) is 5.13 Å². The minimum atomic E-state index is 0.668. The summed E-state index contributed by atoms with van der Waals surface area (Å²) < 4.78 is 0. The monoisotopic (exact) mass is 283 g/mol. The van der Waals surface area contributed by atoms with E-state index in [9.17, 15) is 0 Å². The number of pyridine rings is 1. The van der Waals surface area contributed by atoms with Gasteiger partial charge in [0.25, 0.3) is 0 Å². The van der Waals surface area contributed by atoms with Gasteiger partial charge < -0.3 is 5.73 Å². The smallest absolute Gasteiger partial charge is 0.180 e. The Morgan fingerprint density at radius 2 is 2.10 bits per heavy atom. The molecular formula is C16H17N3S. The summed E-state index contributed by atoms with van der Waals surface area (Å²) in [4.78, 5) is 10.1. The molecule has 3 aromatic rings. The van der Waals surface area contributed by atoms with Gasteiger partial charge in [0.05, 0.1) is 11.2 Å². The van der Waals surface area contributed by atoms with E-state index in [4.69, 9.17) is 5.73 Å². The number of rotatable bonds is 4. The van der Waals surface area contributed by atoms with Crippen molar-refractivity contribution in [3.63, 3.8) is 0 Å². The molecule has 2 N–H and O–H groups in total. The highest BCUT2D eigenvalue weighted by atomic mass is 32.1. The summed E-state index contributed by atoms with van der Waals surface area (Å²) in [6.07, 6.45) is 4.80. The number of hydrogen-bond donors (Lipinski definition) is 1. The van der Waals surface area contributed by atoms with E-state index in [0.717, 1.165) is 30.5 Å². The molecule has 1 aromatic carbocycles. The average Bonchev–Trinajstić information content (AvgIpc) is 2.80. The van der Waals surface area contributed by atoms with Crippen LogP contribution < -0.4 is 5.73 Å². The average molecular weight is 283 g/mol. The second-order valence-corrected chi connectivity index (χ2v) is 5.95. The number of nitrogen functional groups attached to an aromatic ring is 1. The van der Waals surface area contributed by atoms with Crippen molar-refractivity contribution < 1.29 is 0 Å². The molecule has 0 bridgehead atoms. The molecule has 102 valence electrons. The third-order valence-corrected chi connectivity index (χ3v) is 4.30. The fraction of sp³-hybridized carbons (Fsp3) is 0.250. The van der Waals surface area contributed by atoms with Crippen LogP contribution in [0.15, 0.2) is 36.5 Å². The Labute approximate surface area is 122 Å². The third-order valence-electron chi connectivity index (χ3n) is 3.37. The lowest BCUT2D eigenvalue weighted by molar-refractivity contribution is 0.880. The minimum Gasteiger partial charge on any atom is -0.375 e. The zero-order valence-electron chi connectivity index (χ0n) is 11.5. The number of aromatic nitrogens is 2. The van der Waals surface area contributed by atoms with E-state index in [1.165, 1.54) is 15.8 Å². The molecule has 2 heterocycles. The molecule has 0 fully saturated rings. The lowest BCUT2D eigenvalue weighted by Gasteiger charge is -2.05. The Balaban J connectivity index is 2.01. The van der Waals surface area contributed by atoms with Gasteiger partial charge in [-0.15, -0.1) is 11.3 Å². The maximum absolute atomic E-state index is 5.87. The predicted octanol–water partition coefficient (Wildman–Crippen LogP) is 3.82. The number of anilines is 1. The molecular weight excluding hydrogens is 266 g/mol. The van der Waals surface area contributed by atoms with Crippen LogP contribution in [0.1, 0.15) is 29.5 Å². The predicted molar refractivity (Wildman–Crippen MR) is 85.1 cm³/mol. The van der Waals surface area contributed by atoms with Crippen LogP contribution >= 0.6 is 11.3 Å². The van der Waals surface area contributed by atoms with E-state index in [1.54, 1.807) is 11.3 Å². The molecule has 0 saturated carbocycles. The van der Waals surface area contributed by atoms with Crippen molar-refractivity contribution in [2.75, 3.05) is 5.73 Å². The van der Waals surface area contributed by atoms with E-state index in [-0.39, 0.29) is 0 Å². The standard InChI is InChI=1S/C16H17N3S/c1-2-5-14-15(20-16(17)19-14)10-11-6-3-8-13-12(11)7-4-9-18-13/h3-4,6-9H,2,5,10H2,1H3,(H2,17,19). The van der Waals surface area contributed by atoms with Crippen LogP contribution in [0.4, 0.5) is 5.13 Å². The Bertz CT molecular complexity index is 728. The first-order valence-electron chi connectivity index (χ1n) is 6.84. The highest BCUT2D eigenvalue weighted by Gasteiger charge is 2.11. The lowest BCUT2D eigenvalue weighted by Crippen LogP contribution is -1.94. The number of nitrogens with zero attached hydrogens (tertiary/aromatic N) is 2. The normalized spacial score (nSPS) is 11.1. The Morgan fingerprint density at radius 3 is 2.95 bits per heavy atom.